The van der Waals surface area contributed by atoms with Gasteiger partial charge < -0.3 is 0 Å². The largest absolute Gasteiger partial charge is 0.252 e. The zero-order valence-electron chi connectivity index (χ0n) is 26.0. The van der Waals surface area contributed by atoms with E-state index in [1.165, 1.54) is 11.6 Å². The maximum Gasteiger partial charge on any atom is 0.252 e. The van der Waals surface area contributed by atoms with Crippen molar-refractivity contribution in [2.75, 3.05) is 0 Å². The summed E-state index contributed by atoms with van der Waals surface area (Å²) >= 11 is 0. The molecule has 0 saturated carbocycles. The van der Waals surface area contributed by atoms with E-state index in [1.807, 2.05) is 54.6 Å². The second-order valence-corrected chi connectivity index (χ2v) is 13.8. The second kappa shape index (κ2) is 11.9. The third kappa shape index (κ3) is 5.48. The van der Waals surface area contributed by atoms with Crippen molar-refractivity contribution in [2.24, 2.45) is 28.1 Å². The van der Waals surface area contributed by atoms with E-state index < -0.39 is 35.5 Å². The highest BCUT2D eigenvalue weighted by Crippen LogP contribution is 2.54. The van der Waals surface area contributed by atoms with Crippen LogP contribution in [0.3, 0.4) is 0 Å². The van der Waals surface area contributed by atoms with Gasteiger partial charge in [0.25, 0.3) is 5.92 Å². The monoisotopic (exact) mass is 610 g/mol. The van der Waals surface area contributed by atoms with Crippen LogP contribution in [0, 0.1) is 73.4 Å². The molecular weight excluding hydrogens is 574 g/mol. The van der Waals surface area contributed by atoms with Crippen molar-refractivity contribution in [2.45, 2.75) is 69.6 Å². The Balaban J connectivity index is 1.30. The van der Waals surface area contributed by atoms with Gasteiger partial charge in [0.2, 0.25) is 0 Å². The number of hydrogen-bond acceptors (Lipinski definition) is 4. The lowest BCUT2D eigenvalue weighted by Crippen LogP contribution is -2.34. The Hall–Kier alpha value is -4.78. The van der Waals surface area contributed by atoms with Gasteiger partial charge in [-0.05, 0) is 64.3 Å². The van der Waals surface area contributed by atoms with Crippen LogP contribution in [0.25, 0.3) is 0 Å². The van der Waals surface area contributed by atoms with Gasteiger partial charge in [-0.3, -0.25) is 0 Å². The number of fused-ring (bicyclic) bond motifs is 2. The van der Waals surface area contributed by atoms with E-state index in [2.05, 4.69) is 55.5 Å². The average Bonchev–Trinajstić information content (AvgIpc) is 3.32. The van der Waals surface area contributed by atoms with Crippen LogP contribution < -0.4 is 0 Å². The number of alkyl halides is 2. The van der Waals surface area contributed by atoms with Gasteiger partial charge in [0, 0.05) is 37.5 Å². The van der Waals surface area contributed by atoms with E-state index >= 15 is 0 Å². The molecular formula is C40H36F2N4. The summed E-state index contributed by atoms with van der Waals surface area (Å²) in [6.45, 7) is 2.19. The van der Waals surface area contributed by atoms with Crippen LogP contribution in [0.4, 0.5) is 8.78 Å². The lowest BCUT2D eigenvalue weighted by Gasteiger charge is -2.41. The SMILES string of the molecule is CC1(Cc2ccc([C@@H]3C=CCC(C#N)(C#N)C4=CCC(F)(F)C[C@H]43)cc2)C=C2[C@@H](CC1)[C@H](c1ccccc1)C=CCC2(C#N)C#N. The molecule has 4 aliphatic carbocycles. The van der Waals surface area contributed by atoms with Gasteiger partial charge in [0.05, 0.1) is 24.3 Å². The third-order valence-corrected chi connectivity index (χ3v) is 10.8. The van der Waals surface area contributed by atoms with E-state index in [-0.39, 0.29) is 29.6 Å². The molecule has 0 aromatic heterocycles. The van der Waals surface area contributed by atoms with Gasteiger partial charge in [0.1, 0.15) is 0 Å². The normalized spacial score (nSPS) is 30.2. The standard InChI is InChI=1S/C40H36F2N4/c1-37(19-15-33-31(29-7-3-2-4-8-29)9-5-18-39(26-45,27-46)36(33)23-37)21-28-11-13-30(14-12-28)32-10-6-17-38(24-43,25-44)35-16-20-40(41,42)22-34(32)35/h2-14,16,23,31-34H,15,17-22H2,1H3/t31-,32-,33-,34-,37?/m0/s1. The summed E-state index contributed by atoms with van der Waals surface area (Å²) in [5.41, 5.74) is 1.66. The Morgan fingerprint density at radius 1 is 0.717 bits per heavy atom. The van der Waals surface area contributed by atoms with Gasteiger partial charge in [-0.15, -0.1) is 0 Å². The predicted molar refractivity (Wildman–Crippen MR) is 172 cm³/mol. The molecule has 6 heteroatoms. The first-order valence-corrected chi connectivity index (χ1v) is 16.0. The minimum Gasteiger partial charge on any atom is -0.207 e. The van der Waals surface area contributed by atoms with Crippen LogP contribution >= 0.6 is 0 Å². The molecule has 2 aromatic carbocycles. The molecule has 230 valence electrons. The van der Waals surface area contributed by atoms with Crippen LogP contribution in [0.2, 0.25) is 0 Å². The first kappa shape index (κ1) is 31.2. The smallest absolute Gasteiger partial charge is 0.207 e. The molecule has 0 amide bonds. The van der Waals surface area contributed by atoms with Crippen molar-refractivity contribution in [3.63, 3.8) is 0 Å². The Labute approximate surface area is 270 Å². The van der Waals surface area contributed by atoms with Gasteiger partial charge in [-0.25, -0.2) is 8.78 Å². The minimum absolute atomic E-state index is 0.0581. The molecule has 0 N–H and O–H groups in total. The topological polar surface area (TPSA) is 95.2 Å². The highest BCUT2D eigenvalue weighted by atomic mass is 19.3. The lowest BCUT2D eigenvalue weighted by atomic mass is 9.61. The molecule has 0 saturated heterocycles. The molecule has 0 fully saturated rings. The maximum absolute atomic E-state index is 14.7. The Morgan fingerprint density at radius 3 is 1.89 bits per heavy atom. The number of halogens is 2. The van der Waals surface area contributed by atoms with Gasteiger partial charge in [-0.2, -0.15) is 21.0 Å². The predicted octanol–water partition coefficient (Wildman–Crippen LogP) is 9.40. The average molecular weight is 611 g/mol. The highest BCUT2D eigenvalue weighted by molar-refractivity contribution is 5.46. The molecule has 0 heterocycles. The second-order valence-electron chi connectivity index (χ2n) is 13.8. The molecule has 1 unspecified atom stereocenters. The van der Waals surface area contributed by atoms with E-state index in [0.29, 0.717) is 18.4 Å². The van der Waals surface area contributed by atoms with Crippen LogP contribution in [0.5, 0.6) is 0 Å². The van der Waals surface area contributed by atoms with Crippen molar-refractivity contribution >= 4 is 0 Å². The Kier molecular flexibility index (Phi) is 8.05. The summed E-state index contributed by atoms with van der Waals surface area (Å²) in [7, 11) is 0. The fraction of sp³-hybridized carbons (Fsp3) is 0.400. The number of rotatable bonds is 4. The molecule has 0 spiro atoms. The Bertz CT molecular complexity index is 1760. The summed E-state index contributed by atoms with van der Waals surface area (Å²) in [4.78, 5) is 0. The zero-order chi connectivity index (χ0) is 32.6. The van der Waals surface area contributed by atoms with E-state index in [9.17, 15) is 29.8 Å². The van der Waals surface area contributed by atoms with Gasteiger partial charge in [0.15, 0.2) is 10.8 Å². The van der Waals surface area contributed by atoms with Crippen LogP contribution in [-0.4, -0.2) is 5.92 Å². The number of allylic oxidation sites excluding steroid dienone is 8. The van der Waals surface area contributed by atoms with E-state index in [0.717, 1.165) is 29.5 Å². The summed E-state index contributed by atoms with van der Waals surface area (Å²) in [6, 6.07) is 27.4. The summed E-state index contributed by atoms with van der Waals surface area (Å²) in [6.07, 6.45) is 13.7. The van der Waals surface area contributed by atoms with Crippen molar-refractivity contribution < 1.29 is 8.78 Å². The van der Waals surface area contributed by atoms with Crippen LogP contribution in [0.1, 0.15) is 74.0 Å². The molecule has 6 rings (SSSR count). The zero-order valence-corrected chi connectivity index (χ0v) is 26.0. The summed E-state index contributed by atoms with van der Waals surface area (Å²) in [5.74, 6) is -3.75. The molecule has 0 bridgehead atoms. The number of nitrogens with zero attached hydrogens (tertiary/aromatic N) is 4. The van der Waals surface area contributed by atoms with Gasteiger partial charge >= 0.3 is 0 Å². The van der Waals surface area contributed by atoms with Crippen LogP contribution in [-0.2, 0) is 6.42 Å². The molecule has 4 nitrogen and oxygen atoms in total. The van der Waals surface area contributed by atoms with Crippen molar-refractivity contribution in [3.05, 3.63) is 119 Å². The highest BCUT2D eigenvalue weighted by Gasteiger charge is 2.49. The van der Waals surface area contributed by atoms with E-state index in [1.54, 1.807) is 6.08 Å². The number of nitriles is 4. The number of benzene rings is 2. The van der Waals surface area contributed by atoms with E-state index in [4.69, 9.17) is 0 Å². The van der Waals surface area contributed by atoms with Crippen LogP contribution in [0.15, 0.2) is 102 Å². The fourth-order valence-electron chi connectivity index (χ4n) is 8.35. The van der Waals surface area contributed by atoms with Crippen molar-refractivity contribution in [1.29, 1.82) is 21.0 Å². The fourth-order valence-corrected chi connectivity index (χ4v) is 8.35. The molecule has 0 aliphatic heterocycles. The third-order valence-electron chi connectivity index (χ3n) is 10.8. The molecule has 0 radical (unpaired) electrons. The molecule has 5 atom stereocenters. The molecule has 4 aliphatic rings. The summed E-state index contributed by atoms with van der Waals surface area (Å²) in [5, 5.41) is 40.6. The van der Waals surface area contributed by atoms with Crippen molar-refractivity contribution in [1.82, 2.24) is 0 Å². The molecule has 46 heavy (non-hydrogen) atoms. The van der Waals surface area contributed by atoms with Gasteiger partial charge in [-0.1, -0.05) is 98.0 Å². The molecule has 2 aromatic rings. The lowest BCUT2D eigenvalue weighted by molar-refractivity contribution is -0.0253. The first-order chi connectivity index (χ1) is 22.1. The first-order valence-electron chi connectivity index (χ1n) is 16.0. The maximum atomic E-state index is 14.7. The summed E-state index contributed by atoms with van der Waals surface area (Å²) < 4.78 is 29.4. The Morgan fingerprint density at radius 2 is 1.28 bits per heavy atom. The minimum atomic E-state index is -2.89. The number of hydrogen-bond donors (Lipinski definition) is 0. The quantitative estimate of drug-likeness (QED) is 0.322. The van der Waals surface area contributed by atoms with Crippen molar-refractivity contribution in [3.8, 4) is 24.3 Å².